The molecule has 10 heteroatoms. The number of carbonyl (C=O) groups excluding carboxylic acids is 1. The van der Waals surface area contributed by atoms with Crippen LogP contribution in [0.2, 0.25) is 15.1 Å². The zero-order valence-corrected chi connectivity index (χ0v) is 19.5. The second-order valence-corrected chi connectivity index (χ2v) is 9.68. The van der Waals surface area contributed by atoms with Gasteiger partial charge in [-0.3, -0.25) is 20.4 Å². The summed E-state index contributed by atoms with van der Waals surface area (Å²) in [5, 5.41) is 0.855. The average molecular weight is 499 g/mol. The van der Waals surface area contributed by atoms with E-state index in [1.54, 1.807) is 19.1 Å². The number of anilines is 2. The lowest BCUT2D eigenvalue weighted by Gasteiger charge is -2.13. The maximum absolute atomic E-state index is 12.7. The van der Waals surface area contributed by atoms with Crippen molar-refractivity contribution in [2.75, 3.05) is 10.1 Å². The molecule has 0 spiro atoms. The molecule has 0 radical (unpaired) electrons. The predicted molar refractivity (Wildman–Crippen MR) is 126 cm³/mol. The monoisotopic (exact) mass is 497 g/mol. The van der Waals surface area contributed by atoms with Gasteiger partial charge in [0.15, 0.2) is 0 Å². The number of halogens is 3. The lowest BCUT2D eigenvalue weighted by molar-refractivity contribution is 0.0962. The molecule has 0 aliphatic heterocycles. The minimum atomic E-state index is -3.76. The van der Waals surface area contributed by atoms with E-state index >= 15 is 0 Å². The van der Waals surface area contributed by atoms with Crippen molar-refractivity contribution in [2.45, 2.75) is 18.7 Å². The first-order chi connectivity index (χ1) is 14.6. The maximum atomic E-state index is 12.7. The summed E-state index contributed by atoms with van der Waals surface area (Å²) in [6.07, 6.45) is 0. The van der Waals surface area contributed by atoms with Crippen LogP contribution in [-0.2, 0) is 10.0 Å². The zero-order valence-electron chi connectivity index (χ0n) is 16.5. The smallest absolute Gasteiger partial charge is 0.269 e. The normalized spacial score (nSPS) is 11.1. The van der Waals surface area contributed by atoms with E-state index in [-0.39, 0.29) is 14.9 Å². The summed E-state index contributed by atoms with van der Waals surface area (Å²) in [5.74, 6) is -0.467. The number of hydrogen-bond donors (Lipinski definition) is 3. The van der Waals surface area contributed by atoms with Crippen LogP contribution in [0.25, 0.3) is 0 Å². The highest BCUT2D eigenvalue weighted by molar-refractivity contribution is 7.92. The van der Waals surface area contributed by atoms with Crippen LogP contribution in [0, 0.1) is 13.8 Å². The Labute approximate surface area is 195 Å². The molecule has 0 saturated heterocycles. The minimum absolute atomic E-state index is 0.204. The van der Waals surface area contributed by atoms with Crippen LogP contribution in [0.15, 0.2) is 59.5 Å². The molecule has 31 heavy (non-hydrogen) atoms. The van der Waals surface area contributed by atoms with Gasteiger partial charge in [0.2, 0.25) is 0 Å². The minimum Gasteiger partial charge on any atom is -0.295 e. The molecule has 3 aromatic carbocycles. The second kappa shape index (κ2) is 9.36. The number of sulfonamides is 1. The van der Waals surface area contributed by atoms with Crippen LogP contribution < -0.4 is 15.6 Å². The fraction of sp³-hybridized carbons (Fsp3) is 0.0952. The number of nitrogens with one attached hydrogen (secondary N) is 3. The molecule has 0 fully saturated rings. The molecular weight excluding hydrogens is 481 g/mol. The van der Waals surface area contributed by atoms with E-state index in [1.165, 1.54) is 36.4 Å². The molecule has 0 unspecified atom stereocenters. The van der Waals surface area contributed by atoms with E-state index < -0.39 is 15.9 Å². The van der Waals surface area contributed by atoms with Gasteiger partial charge in [-0.25, -0.2) is 8.42 Å². The molecule has 6 nitrogen and oxygen atoms in total. The lowest BCUT2D eigenvalue weighted by Crippen LogP contribution is -2.29. The number of aryl methyl sites for hydroxylation is 2. The molecule has 162 valence electrons. The van der Waals surface area contributed by atoms with Crippen molar-refractivity contribution >= 4 is 62.1 Å². The van der Waals surface area contributed by atoms with Gasteiger partial charge in [0, 0.05) is 16.3 Å². The van der Waals surface area contributed by atoms with Gasteiger partial charge >= 0.3 is 0 Å². The Balaban J connectivity index is 1.70. The van der Waals surface area contributed by atoms with Crippen LogP contribution in [-0.4, -0.2) is 14.3 Å². The number of benzene rings is 3. The van der Waals surface area contributed by atoms with Crippen LogP contribution >= 0.6 is 34.8 Å². The number of amides is 1. The highest BCUT2D eigenvalue weighted by atomic mass is 35.5. The van der Waals surface area contributed by atoms with Gasteiger partial charge in [0.05, 0.1) is 20.6 Å². The standard InChI is InChI=1S/C21H18Cl3N3O3S/c1-12-3-4-13(2)19(9-12)31(29,30)27-16-7-5-14(6-8-16)21(28)26-25-20-17(23)10-15(22)11-18(20)24/h3-11,25,27H,1-2H3,(H,26,28). The Morgan fingerprint density at radius 1 is 0.871 bits per heavy atom. The van der Waals surface area contributed by atoms with Crippen molar-refractivity contribution in [3.63, 3.8) is 0 Å². The van der Waals surface area contributed by atoms with Crippen LogP contribution in [0.5, 0.6) is 0 Å². The largest absolute Gasteiger partial charge is 0.295 e. The Kier molecular flexibility index (Phi) is 7.01. The third kappa shape index (κ3) is 5.62. The Bertz CT molecular complexity index is 1220. The van der Waals surface area contributed by atoms with Gasteiger partial charge in [0.25, 0.3) is 15.9 Å². The summed E-state index contributed by atoms with van der Waals surface area (Å²) in [6, 6.07) is 14.2. The summed E-state index contributed by atoms with van der Waals surface area (Å²) < 4.78 is 27.9. The second-order valence-electron chi connectivity index (χ2n) is 6.78. The first-order valence-corrected chi connectivity index (χ1v) is 11.6. The number of hydrogen-bond acceptors (Lipinski definition) is 4. The lowest BCUT2D eigenvalue weighted by atomic mass is 10.2. The van der Waals surface area contributed by atoms with Gasteiger partial charge in [-0.2, -0.15) is 0 Å². The summed E-state index contributed by atoms with van der Waals surface area (Å²) in [7, 11) is -3.76. The predicted octanol–water partition coefficient (Wildman–Crippen LogP) is 5.82. The Morgan fingerprint density at radius 2 is 1.48 bits per heavy atom. The third-order valence-electron chi connectivity index (χ3n) is 4.34. The van der Waals surface area contributed by atoms with E-state index in [0.717, 1.165) is 5.56 Å². The fourth-order valence-electron chi connectivity index (χ4n) is 2.75. The van der Waals surface area contributed by atoms with Crippen molar-refractivity contribution in [2.24, 2.45) is 0 Å². The molecule has 1 amide bonds. The fourth-order valence-corrected chi connectivity index (χ4v) is 5.05. The van der Waals surface area contributed by atoms with E-state index in [1.807, 2.05) is 13.0 Å². The highest BCUT2D eigenvalue weighted by Gasteiger charge is 2.17. The van der Waals surface area contributed by atoms with Crippen molar-refractivity contribution < 1.29 is 13.2 Å². The van der Waals surface area contributed by atoms with E-state index in [4.69, 9.17) is 34.8 Å². The van der Waals surface area contributed by atoms with Gasteiger partial charge in [-0.05, 0) is 67.4 Å². The summed E-state index contributed by atoms with van der Waals surface area (Å²) in [5.41, 5.74) is 7.55. The van der Waals surface area contributed by atoms with Gasteiger partial charge < -0.3 is 0 Å². The molecule has 3 rings (SSSR count). The first-order valence-electron chi connectivity index (χ1n) is 8.98. The zero-order chi connectivity index (χ0) is 22.8. The molecule has 0 atom stereocenters. The third-order valence-corrected chi connectivity index (χ3v) is 6.68. The van der Waals surface area contributed by atoms with Crippen LogP contribution in [0.3, 0.4) is 0 Å². The summed E-state index contributed by atoms with van der Waals surface area (Å²) >= 11 is 18.0. The van der Waals surface area contributed by atoms with E-state index in [0.29, 0.717) is 27.5 Å². The highest BCUT2D eigenvalue weighted by Crippen LogP contribution is 2.33. The van der Waals surface area contributed by atoms with Crippen LogP contribution in [0.4, 0.5) is 11.4 Å². The molecule has 0 bridgehead atoms. The van der Waals surface area contributed by atoms with E-state index in [2.05, 4.69) is 15.6 Å². The molecule has 0 aliphatic rings. The Hall–Kier alpha value is -2.45. The number of rotatable bonds is 6. The van der Waals surface area contributed by atoms with Crippen molar-refractivity contribution in [3.8, 4) is 0 Å². The number of hydrazine groups is 1. The quantitative estimate of drug-likeness (QED) is 0.374. The molecule has 0 heterocycles. The van der Waals surface area contributed by atoms with Crippen LogP contribution in [0.1, 0.15) is 21.5 Å². The molecule has 0 saturated carbocycles. The topological polar surface area (TPSA) is 87.3 Å². The summed E-state index contributed by atoms with van der Waals surface area (Å²) in [6.45, 7) is 3.55. The average Bonchev–Trinajstić information content (AvgIpc) is 2.69. The van der Waals surface area contributed by atoms with Gasteiger partial charge in [-0.1, -0.05) is 46.9 Å². The van der Waals surface area contributed by atoms with Crippen molar-refractivity contribution in [1.29, 1.82) is 0 Å². The van der Waals surface area contributed by atoms with E-state index in [9.17, 15) is 13.2 Å². The summed E-state index contributed by atoms with van der Waals surface area (Å²) in [4.78, 5) is 12.6. The maximum Gasteiger partial charge on any atom is 0.269 e. The SMILES string of the molecule is Cc1ccc(C)c(S(=O)(=O)Nc2ccc(C(=O)NNc3c(Cl)cc(Cl)cc3Cl)cc2)c1. The molecule has 3 N–H and O–H groups in total. The van der Waals surface area contributed by atoms with Crippen molar-refractivity contribution in [1.82, 2.24) is 5.43 Å². The molecule has 3 aromatic rings. The molecule has 0 aromatic heterocycles. The van der Waals surface area contributed by atoms with Gasteiger partial charge in [-0.15, -0.1) is 0 Å². The Morgan fingerprint density at radius 3 is 2.10 bits per heavy atom. The molecule has 0 aliphatic carbocycles. The van der Waals surface area contributed by atoms with Gasteiger partial charge in [0.1, 0.15) is 0 Å². The molecular formula is C21H18Cl3N3O3S. The van der Waals surface area contributed by atoms with Crippen molar-refractivity contribution in [3.05, 3.63) is 86.4 Å². The number of carbonyl (C=O) groups is 1. The first kappa shape index (κ1) is 23.2.